The number of carboxylic acid groups (broad SMARTS) is 1. The summed E-state index contributed by atoms with van der Waals surface area (Å²) in [5, 5.41) is 9.44. The molecule has 12 heteroatoms. The molecule has 1 aromatic carbocycles. The van der Waals surface area contributed by atoms with Crippen LogP contribution >= 0.6 is 0 Å². The number of nitrogens with two attached hydrogens (primary N) is 2. The van der Waals surface area contributed by atoms with Gasteiger partial charge < -0.3 is 21.5 Å². The lowest BCUT2D eigenvalue weighted by molar-refractivity contribution is -0.143. The maximum absolute atomic E-state index is 15.0. The summed E-state index contributed by atoms with van der Waals surface area (Å²) >= 11 is 0. The van der Waals surface area contributed by atoms with Crippen LogP contribution in [0.2, 0.25) is 0 Å². The molecule has 168 valence electrons. The Morgan fingerprint density at radius 3 is 2.34 bits per heavy atom. The van der Waals surface area contributed by atoms with E-state index in [9.17, 15) is 28.3 Å². The first-order valence-corrected chi connectivity index (χ1v) is 9.43. The summed E-state index contributed by atoms with van der Waals surface area (Å²) in [5.41, 5.74) is 10.2. The molecule has 2 aliphatic heterocycles. The molecule has 0 radical (unpaired) electrons. The molecule has 0 aliphatic carbocycles. The number of hydrogen-bond acceptors (Lipinski definition) is 7. The summed E-state index contributed by atoms with van der Waals surface area (Å²) in [4.78, 5) is 43.2. The molecule has 1 aromatic heterocycles. The van der Waals surface area contributed by atoms with Crippen LogP contribution in [0.15, 0.2) is 12.1 Å². The molecule has 9 nitrogen and oxygen atoms in total. The second-order valence-corrected chi connectivity index (χ2v) is 8.21. The predicted molar refractivity (Wildman–Crippen MR) is 107 cm³/mol. The highest BCUT2D eigenvalue weighted by Crippen LogP contribution is 2.45. The summed E-state index contributed by atoms with van der Waals surface area (Å²) < 4.78 is 43.4. The number of carbonyl (C=O) groups is 3. The third kappa shape index (κ3) is 3.06. The van der Waals surface area contributed by atoms with Crippen molar-refractivity contribution in [1.29, 1.82) is 0 Å². The number of Topliss-reactive ketones (excluding diaryl/α,β-unsaturated/α-hetero) is 1. The van der Waals surface area contributed by atoms with E-state index in [1.54, 1.807) is 11.8 Å². The number of halogens is 3. The number of ketones is 1. The Labute approximate surface area is 179 Å². The zero-order chi connectivity index (χ0) is 23.7. The number of aromatic nitrogens is 1. The first-order chi connectivity index (χ1) is 14.8. The minimum Gasteiger partial charge on any atom is -0.480 e. The van der Waals surface area contributed by atoms with Gasteiger partial charge in [-0.05, 0) is 19.9 Å². The number of nitrogen functional groups attached to an aromatic ring is 1. The first kappa shape index (κ1) is 21.6. The highest BCUT2D eigenvalue weighted by atomic mass is 19.1. The molecule has 0 bridgehead atoms. The van der Waals surface area contributed by atoms with Gasteiger partial charge in [0.15, 0.2) is 35.0 Å². The lowest BCUT2D eigenvalue weighted by Crippen LogP contribution is -2.66. The summed E-state index contributed by atoms with van der Waals surface area (Å²) in [6.45, 7) is 3.67. The summed E-state index contributed by atoms with van der Waals surface area (Å²) in [6.07, 6.45) is 0. The fourth-order valence-corrected chi connectivity index (χ4v) is 4.17. The molecule has 3 heterocycles. The molecule has 1 unspecified atom stereocenters. The van der Waals surface area contributed by atoms with Crippen LogP contribution in [0.4, 0.5) is 36.2 Å². The Bertz CT molecular complexity index is 1210. The van der Waals surface area contributed by atoms with Gasteiger partial charge in [-0.3, -0.25) is 19.3 Å². The summed E-state index contributed by atoms with van der Waals surface area (Å²) in [6, 6.07) is 1.18. The van der Waals surface area contributed by atoms with Crippen molar-refractivity contribution in [2.45, 2.75) is 19.4 Å². The largest absolute Gasteiger partial charge is 0.480 e. The molecule has 2 aliphatic rings. The highest BCUT2D eigenvalue weighted by molar-refractivity contribution is 6.32. The number of amides is 1. The number of anilines is 4. The van der Waals surface area contributed by atoms with Crippen molar-refractivity contribution in [2.24, 2.45) is 11.7 Å². The van der Waals surface area contributed by atoms with Crippen LogP contribution in [0.3, 0.4) is 0 Å². The number of nitrogens with zero attached hydrogens (tertiary/aromatic N) is 3. The van der Waals surface area contributed by atoms with Gasteiger partial charge in [-0.25, -0.2) is 18.2 Å². The van der Waals surface area contributed by atoms with Gasteiger partial charge >= 0.3 is 5.97 Å². The molecule has 1 amide bonds. The van der Waals surface area contributed by atoms with E-state index in [0.717, 1.165) is 6.07 Å². The SMILES string of the molecule is Cc1c(N2CC(C)(N)C2)c(F)cc2c1N(c1nc(N)c(F)cc1F)C(=O)C(C(=O)O)C2=O. The molecular formula is C20H18F3N5O4. The molecule has 4 rings (SSSR count). The number of fused-ring (bicyclic) bond motifs is 1. The molecule has 2 aromatic rings. The molecule has 5 N–H and O–H groups in total. The number of hydrogen-bond donors (Lipinski definition) is 3. The monoisotopic (exact) mass is 449 g/mol. The van der Waals surface area contributed by atoms with E-state index in [2.05, 4.69) is 4.98 Å². The second-order valence-electron chi connectivity index (χ2n) is 8.21. The molecule has 0 saturated carbocycles. The fourth-order valence-electron chi connectivity index (χ4n) is 4.17. The lowest BCUT2D eigenvalue weighted by Gasteiger charge is -2.48. The third-order valence-corrected chi connectivity index (χ3v) is 5.50. The van der Waals surface area contributed by atoms with Crippen molar-refractivity contribution in [3.05, 3.63) is 40.7 Å². The second kappa shape index (κ2) is 6.92. The minimum atomic E-state index is -2.27. The quantitative estimate of drug-likeness (QED) is 0.598. The molecule has 1 atom stereocenters. The standard InChI is InChI=1S/C20H18F3N5O4/c1-7-13-8(3-9(21)14(7)27-5-20(2,25)6-27)15(29)12(19(31)32)18(30)28(13)17-11(23)4-10(22)16(24)26-17/h3-4,12H,5-6,25H2,1-2H3,(H2,24,26)(H,31,32). The molecule has 0 spiro atoms. The highest BCUT2D eigenvalue weighted by Gasteiger charge is 2.48. The van der Waals surface area contributed by atoms with E-state index in [4.69, 9.17) is 11.5 Å². The van der Waals surface area contributed by atoms with Crippen LogP contribution in [-0.2, 0) is 9.59 Å². The molecular weight excluding hydrogens is 431 g/mol. The van der Waals surface area contributed by atoms with Crippen molar-refractivity contribution >= 4 is 40.7 Å². The Morgan fingerprint density at radius 1 is 1.16 bits per heavy atom. The van der Waals surface area contributed by atoms with Crippen LogP contribution in [0, 0.1) is 30.3 Å². The van der Waals surface area contributed by atoms with Crippen LogP contribution in [0.25, 0.3) is 0 Å². The predicted octanol–water partition coefficient (Wildman–Crippen LogP) is 1.49. The van der Waals surface area contributed by atoms with Gasteiger partial charge in [0.1, 0.15) is 5.82 Å². The van der Waals surface area contributed by atoms with Gasteiger partial charge in [0.2, 0.25) is 0 Å². The Kier molecular flexibility index (Phi) is 4.66. The van der Waals surface area contributed by atoms with Crippen LogP contribution < -0.4 is 21.3 Å². The van der Waals surface area contributed by atoms with Crippen LogP contribution in [-0.4, -0.2) is 46.4 Å². The lowest BCUT2D eigenvalue weighted by atomic mass is 9.86. The van der Waals surface area contributed by atoms with E-state index in [-0.39, 0.29) is 30.0 Å². The van der Waals surface area contributed by atoms with E-state index < -0.39 is 63.8 Å². The van der Waals surface area contributed by atoms with Crippen molar-refractivity contribution in [3.8, 4) is 0 Å². The van der Waals surface area contributed by atoms with E-state index in [0.29, 0.717) is 11.0 Å². The van der Waals surface area contributed by atoms with Gasteiger partial charge in [0.25, 0.3) is 5.91 Å². The summed E-state index contributed by atoms with van der Waals surface area (Å²) in [5.74, 6) is -11.5. The number of benzene rings is 1. The van der Waals surface area contributed by atoms with Gasteiger partial charge in [-0.2, -0.15) is 0 Å². The fraction of sp³-hybridized carbons (Fsp3) is 0.300. The van der Waals surface area contributed by atoms with Gasteiger partial charge in [0, 0.05) is 35.8 Å². The first-order valence-electron chi connectivity index (χ1n) is 9.43. The number of carbonyl (C=O) groups excluding carboxylic acids is 2. The van der Waals surface area contributed by atoms with Crippen LogP contribution in [0.1, 0.15) is 22.8 Å². The van der Waals surface area contributed by atoms with Crippen molar-refractivity contribution in [2.75, 3.05) is 28.6 Å². The third-order valence-electron chi connectivity index (χ3n) is 5.50. The van der Waals surface area contributed by atoms with E-state index >= 15 is 4.39 Å². The number of carboxylic acids is 1. The van der Waals surface area contributed by atoms with Crippen molar-refractivity contribution in [1.82, 2.24) is 4.98 Å². The topological polar surface area (TPSA) is 143 Å². The van der Waals surface area contributed by atoms with E-state index in [1.165, 1.54) is 6.92 Å². The van der Waals surface area contributed by atoms with Gasteiger partial charge in [-0.1, -0.05) is 0 Å². The zero-order valence-corrected chi connectivity index (χ0v) is 16.9. The maximum atomic E-state index is 15.0. The Morgan fingerprint density at radius 2 is 1.78 bits per heavy atom. The van der Waals surface area contributed by atoms with Crippen molar-refractivity contribution in [3.63, 3.8) is 0 Å². The molecule has 1 saturated heterocycles. The van der Waals surface area contributed by atoms with Gasteiger partial charge in [-0.15, -0.1) is 0 Å². The average molecular weight is 449 g/mol. The Balaban J connectivity index is 2.00. The van der Waals surface area contributed by atoms with Gasteiger partial charge in [0.05, 0.1) is 11.4 Å². The maximum Gasteiger partial charge on any atom is 0.324 e. The number of pyridine rings is 1. The number of aliphatic carboxylic acids is 1. The van der Waals surface area contributed by atoms with E-state index in [1.807, 2.05) is 0 Å². The zero-order valence-electron chi connectivity index (χ0n) is 16.9. The minimum absolute atomic E-state index is 0.0153. The number of rotatable bonds is 3. The van der Waals surface area contributed by atoms with Crippen LogP contribution in [0.5, 0.6) is 0 Å². The molecule has 1 fully saturated rings. The summed E-state index contributed by atoms with van der Waals surface area (Å²) in [7, 11) is 0. The Hall–Kier alpha value is -3.67. The molecule has 32 heavy (non-hydrogen) atoms. The van der Waals surface area contributed by atoms with Crippen molar-refractivity contribution < 1.29 is 32.7 Å². The normalized spacial score (nSPS) is 19.6. The smallest absolute Gasteiger partial charge is 0.324 e. The average Bonchev–Trinajstić information content (AvgIpc) is 2.64.